The summed E-state index contributed by atoms with van der Waals surface area (Å²) >= 11 is 0. The molecule has 3 unspecified atom stereocenters. The van der Waals surface area contributed by atoms with Crippen molar-refractivity contribution in [2.45, 2.75) is 69.9 Å². The molecule has 4 nitrogen and oxygen atoms in total. The standard InChI is InChI=1S/C17H31N3O/c18-15-7-4-6-14(12-15)17(21)20-11-5-8-16(20)13-19-9-2-1-3-10-19/h14-16H,1-13,18H2. The van der Waals surface area contributed by atoms with Crippen molar-refractivity contribution < 1.29 is 4.79 Å². The monoisotopic (exact) mass is 293 g/mol. The Labute approximate surface area is 129 Å². The van der Waals surface area contributed by atoms with Gasteiger partial charge in [-0.25, -0.2) is 0 Å². The molecule has 0 radical (unpaired) electrons. The molecule has 3 aliphatic rings. The van der Waals surface area contributed by atoms with Gasteiger partial charge in [-0.05, 0) is 58.0 Å². The zero-order valence-corrected chi connectivity index (χ0v) is 13.3. The Morgan fingerprint density at radius 3 is 2.52 bits per heavy atom. The number of hydrogen-bond acceptors (Lipinski definition) is 3. The van der Waals surface area contributed by atoms with Gasteiger partial charge in [0, 0.05) is 31.1 Å². The van der Waals surface area contributed by atoms with Gasteiger partial charge in [-0.2, -0.15) is 0 Å². The molecule has 120 valence electrons. The van der Waals surface area contributed by atoms with Crippen LogP contribution < -0.4 is 5.73 Å². The zero-order chi connectivity index (χ0) is 14.7. The predicted octanol–water partition coefficient (Wildman–Crippen LogP) is 1.98. The normalized spacial score (nSPS) is 35.1. The Balaban J connectivity index is 1.56. The van der Waals surface area contributed by atoms with E-state index in [1.807, 2.05) is 0 Å². The SMILES string of the molecule is NC1CCCC(C(=O)N2CCCC2CN2CCCCC2)C1. The van der Waals surface area contributed by atoms with E-state index in [0.29, 0.717) is 11.9 Å². The van der Waals surface area contributed by atoms with Gasteiger partial charge >= 0.3 is 0 Å². The summed E-state index contributed by atoms with van der Waals surface area (Å²) < 4.78 is 0. The summed E-state index contributed by atoms with van der Waals surface area (Å²) in [4.78, 5) is 17.6. The molecule has 2 N–H and O–H groups in total. The average Bonchev–Trinajstić information content (AvgIpc) is 2.95. The molecule has 0 bridgehead atoms. The van der Waals surface area contributed by atoms with Crippen LogP contribution in [-0.2, 0) is 4.79 Å². The highest BCUT2D eigenvalue weighted by Gasteiger charge is 2.35. The van der Waals surface area contributed by atoms with Crippen LogP contribution in [0.2, 0.25) is 0 Å². The minimum atomic E-state index is 0.204. The molecule has 0 spiro atoms. The molecule has 2 heterocycles. The Hall–Kier alpha value is -0.610. The molecule has 1 aliphatic carbocycles. The van der Waals surface area contributed by atoms with Crippen LogP contribution in [0, 0.1) is 5.92 Å². The topological polar surface area (TPSA) is 49.6 Å². The lowest BCUT2D eigenvalue weighted by Crippen LogP contribution is -2.47. The van der Waals surface area contributed by atoms with E-state index in [1.165, 1.54) is 45.2 Å². The molecule has 4 heteroatoms. The quantitative estimate of drug-likeness (QED) is 0.865. The maximum Gasteiger partial charge on any atom is 0.226 e. The van der Waals surface area contributed by atoms with E-state index in [4.69, 9.17) is 5.73 Å². The maximum absolute atomic E-state index is 12.8. The molecule has 2 saturated heterocycles. The lowest BCUT2D eigenvalue weighted by atomic mass is 9.85. The summed E-state index contributed by atoms with van der Waals surface area (Å²) in [6, 6.07) is 0.713. The number of hydrogen-bond donors (Lipinski definition) is 1. The van der Waals surface area contributed by atoms with Gasteiger partial charge in [-0.15, -0.1) is 0 Å². The third-order valence-electron chi connectivity index (χ3n) is 5.64. The summed E-state index contributed by atoms with van der Waals surface area (Å²) in [5.41, 5.74) is 6.07. The van der Waals surface area contributed by atoms with Crippen molar-refractivity contribution >= 4 is 5.91 Å². The highest BCUT2D eigenvalue weighted by atomic mass is 16.2. The summed E-state index contributed by atoms with van der Waals surface area (Å²) in [7, 11) is 0. The minimum absolute atomic E-state index is 0.204. The van der Waals surface area contributed by atoms with E-state index in [9.17, 15) is 4.79 Å². The van der Waals surface area contributed by atoms with Crippen LogP contribution >= 0.6 is 0 Å². The van der Waals surface area contributed by atoms with Crippen LogP contribution in [0.3, 0.4) is 0 Å². The predicted molar refractivity (Wildman–Crippen MR) is 85.0 cm³/mol. The number of nitrogens with two attached hydrogens (primary N) is 1. The van der Waals surface area contributed by atoms with Gasteiger partial charge in [-0.1, -0.05) is 12.8 Å². The first kappa shape index (κ1) is 15.3. The van der Waals surface area contributed by atoms with Crippen molar-refractivity contribution in [1.29, 1.82) is 0 Å². The van der Waals surface area contributed by atoms with Gasteiger partial charge < -0.3 is 15.5 Å². The third-order valence-corrected chi connectivity index (χ3v) is 5.64. The first-order valence-corrected chi connectivity index (χ1v) is 9.02. The van der Waals surface area contributed by atoms with E-state index in [-0.39, 0.29) is 12.0 Å². The van der Waals surface area contributed by atoms with Gasteiger partial charge in [0.1, 0.15) is 0 Å². The maximum atomic E-state index is 12.8. The number of carbonyl (C=O) groups excluding carboxylic acids is 1. The third kappa shape index (κ3) is 3.78. The van der Waals surface area contributed by atoms with Crippen LogP contribution in [0.1, 0.15) is 57.8 Å². The molecule has 0 aromatic carbocycles. The Morgan fingerprint density at radius 2 is 1.76 bits per heavy atom. The summed E-state index contributed by atoms with van der Waals surface area (Å²) in [6.45, 7) is 4.53. The molecule has 1 saturated carbocycles. The fourth-order valence-corrected chi connectivity index (χ4v) is 4.44. The van der Waals surface area contributed by atoms with E-state index in [1.54, 1.807) is 0 Å². The second-order valence-electron chi connectivity index (χ2n) is 7.31. The van der Waals surface area contributed by atoms with Gasteiger partial charge in [0.05, 0.1) is 0 Å². The summed E-state index contributed by atoms with van der Waals surface area (Å²) in [5.74, 6) is 0.611. The van der Waals surface area contributed by atoms with Crippen molar-refractivity contribution in [1.82, 2.24) is 9.80 Å². The van der Waals surface area contributed by atoms with Crippen LogP contribution in [0.15, 0.2) is 0 Å². The second kappa shape index (κ2) is 7.10. The molecule has 3 rings (SSSR count). The van der Waals surface area contributed by atoms with Crippen molar-refractivity contribution in [2.75, 3.05) is 26.2 Å². The molecule has 3 atom stereocenters. The number of piperidine rings is 1. The average molecular weight is 293 g/mol. The highest BCUT2D eigenvalue weighted by Crippen LogP contribution is 2.29. The number of amides is 1. The number of carbonyl (C=O) groups is 1. The summed E-state index contributed by atoms with van der Waals surface area (Å²) in [6.07, 6.45) is 10.6. The number of rotatable bonds is 3. The van der Waals surface area contributed by atoms with Gasteiger partial charge in [0.15, 0.2) is 0 Å². The Morgan fingerprint density at radius 1 is 0.952 bits per heavy atom. The Kier molecular flexibility index (Phi) is 5.17. The van der Waals surface area contributed by atoms with E-state index in [2.05, 4.69) is 9.80 Å². The molecule has 21 heavy (non-hydrogen) atoms. The van der Waals surface area contributed by atoms with Crippen molar-refractivity contribution in [2.24, 2.45) is 11.7 Å². The highest BCUT2D eigenvalue weighted by molar-refractivity contribution is 5.79. The van der Waals surface area contributed by atoms with Gasteiger partial charge in [0.2, 0.25) is 5.91 Å². The fourth-order valence-electron chi connectivity index (χ4n) is 4.44. The van der Waals surface area contributed by atoms with E-state index >= 15 is 0 Å². The molecular weight excluding hydrogens is 262 g/mol. The molecule has 0 aromatic heterocycles. The minimum Gasteiger partial charge on any atom is -0.338 e. The van der Waals surface area contributed by atoms with E-state index < -0.39 is 0 Å². The van der Waals surface area contributed by atoms with Crippen LogP contribution in [0.5, 0.6) is 0 Å². The van der Waals surface area contributed by atoms with Gasteiger partial charge in [0.25, 0.3) is 0 Å². The van der Waals surface area contributed by atoms with Gasteiger partial charge in [-0.3, -0.25) is 4.79 Å². The number of likely N-dealkylation sites (tertiary alicyclic amines) is 2. The van der Waals surface area contributed by atoms with Crippen LogP contribution in [0.4, 0.5) is 0 Å². The second-order valence-corrected chi connectivity index (χ2v) is 7.31. The first-order chi connectivity index (χ1) is 10.2. The molecule has 2 aliphatic heterocycles. The molecule has 3 fully saturated rings. The van der Waals surface area contributed by atoms with Crippen molar-refractivity contribution in [3.8, 4) is 0 Å². The van der Waals surface area contributed by atoms with Crippen molar-refractivity contribution in [3.63, 3.8) is 0 Å². The van der Waals surface area contributed by atoms with Crippen molar-refractivity contribution in [3.05, 3.63) is 0 Å². The zero-order valence-electron chi connectivity index (χ0n) is 13.3. The molecule has 1 amide bonds. The summed E-state index contributed by atoms with van der Waals surface area (Å²) in [5, 5.41) is 0. The first-order valence-electron chi connectivity index (χ1n) is 9.02. The smallest absolute Gasteiger partial charge is 0.226 e. The lowest BCUT2D eigenvalue weighted by Gasteiger charge is -2.36. The Bertz CT molecular complexity index is 354. The van der Waals surface area contributed by atoms with Crippen LogP contribution in [0.25, 0.3) is 0 Å². The number of nitrogens with zero attached hydrogens (tertiary/aromatic N) is 2. The van der Waals surface area contributed by atoms with E-state index in [0.717, 1.165) is 38.8 Å². The fraction of sp³-hybridized carbons (Fsp3) is 0.941. The lowest BCUT2D eigenvalue weighted by molar-refractivity contribution is -0.138. The largest absolute Gasteiger partial charge is 0.338 e. The molecular formula is C17H31N3O. The molecule has 0 aromatic rings. The van der Waals surface area contributed by atoms with Crippen LogP contribution in [-0.4, -0.2) is 54.0 Å².